The highest BCUT2D eigenvalue weighted by Crippen LogP contribution is 2.14. The number of para-hydroxylation sites is 1. The molecule has 1 atom stereocenters. The first kappa shape index (κ1) is 10.5. The monoisotopic (exact) mass is 244 g/mol. The van der Waals surface area contributed by atoms with Crippen LogP contribution in [-0.4, -0.2) is 16.4 Å². The number of fused-ring (bicyclic) bond motifs is 1. The predicted octanol–water partition coefficient (Wildman–Crippen LogP) is 0.897. The maximum Gasteiger partial charge on any atom is 0.226 e. The van der Waals surface area contributed by atoms with E-state index in [0.717, 1.165) is 10.6 Å². The Kier molecular flexibility index (Phi) is 2.66. The molecule has 0 spiro atoms. The van der Waals surface area contributed by atoms with Gasteiger partial charge >= 0.3 is 0 Å². The summed E-state index contributed by atoms with van der Waals surface area (Å²) in [5.41, 5.74) is 0. The highest BCUT2D eigenvalue weighted by molar-refractivity contribution is 7.09. The third-order valence-corrected chi connectivity index (χ3v) is 3.57. The second kappa shape index (κ2) is 4.31. The van der Waals surface area contributed by atoms with Crippen molar-refractivity contribution in [3.8, 4) is 0 Å². The zero-order valence-corrected chi connectivity index (χ0v) is 9.97. The van der Waals surface area contributed by atoms with Crippen molar-refractivity contribution in [3.05, 3.63) is 57.2 Å². The fraction of sp³-hybridized carbons (Fsp3) is 0.154. The topological polar surface area (TPSA) is 35.8 Å². The minimum Gasteiger partial charge on any atom is -0.355 e. The van der Waals surface area contributed by atoms with E-state index in [4.69, 9.17) is 0 Å². The highest BCUT2D eigenvalue weighted by atomic mass is 32.1. The largest absolute Gasteiger partial charge is 0.355 e. The lowest BCUT2D eigenvalue weighted by molar-refractivity contribution is 0.0477. The molecule has 1 aliphatic heterocycles. The molecule has 2 aromatic rings. The van der Waals surface area contributed by atoms with E-state index < -0.39 is 6.35 Å². The molecule has 4 heteroatoms. The van der Waals surface area contributed by atoms with Crippen LogP contribution in [0.2, 0.25) is 0 Å². The van der Waals surface area contributed by atoms with Gasteiger partial charge in [0.2, 0.25) is 6.35 Å². The Morgan fingerprint density at radius 3 is 2.94 bits per heavy atom. The van der Waals surface area contributed by atoms with Crippen LogP contribution in [0.1, 0.15) is 4.88 Å². The summed E-state index contributed by atoms with van der Waals surface area (Å²) in [6.45, 7) is 0.691. The summed E-state index contributed by atoms with van der Waals surface area (Å²) in [5.74, 6) is 0. The summed E-state index contributed by atoms with van der Waals surface area (Å²) < 4.78 is 0. The summed E-state index contributed by atoms with van der Waals surface area (Å²) in [6.07, 6.45) is 1.18. The van der Waals surface area contributed by atoms with Crippen molar-refractivity contribution in [2.24, 2.45) is 4.99 Å². The number of aliphatic hydroxyl groups excluding tert-OH is 1. The van der Waals surface area contributed by atoms with Crippen LogP contribution in [0.15, 0.2) is 46.8 Å². The predicted molar refractivity (Wildman–Crippen MR) is 67.6 cm³/mol. The molecule has 0 fully saturated rings. The normalized spacial score (nSPS) is 18.2. The van der Waals surface area contributed by atoms with Gasteiger partial charge in [-0.15, -0.1) is 11.3 Å². The standard InChI is InChI=1S/C13H12N2OS/c16-13-14-12-6-2-1-4-10(12)8-15(13)9-11-5-3-7-17-11/h1-8,13,16H,9H2. The van der Waals surface area contributed by atoms with Gasteiger partial charge in [0.25, 0.3) is 0 Å². The third kappa shape index (κ3) is 2.09. The van der Waals surface area contributed by atoms with E-state index >= 15 is 0 Å². The van der Waals surface area contributed by atoms with Gasteiger partial charge in [-0.2, -0.15) is 0 Å². The van der Waals surface area contributed by atoms with Gasteiger partial charge < -0.3 is 10.0 Å². The highest BCUT2D eigenvalue weighted by Gasteiger charge is 2.14. The van der Waals surface area contributed by atoms with Crippen LogP contribution in [-0.2, 0) is 6.54 Å². The average molecular weight is 244 g/mol. The average Bonchev–Trinajstić information content (AvgIpc) is 2.83. The molecule has 3 rings (SSSR count). The lowest BCUT2D eigenvalue weighted by Crippen LogP contribution is -2.41. The molecule has 1 aliphatic rings. The summed E-state index contributed by atoms with van der Waals surface area (Å²) in [6, 6.07) is 11.9. The number of aliphatic hydroxyl groups is 1. The van der Waals surface area contributed by atoms with Gasteiger partial charge in [-0.3, -0.25) is 0 Å². The van der Waals surface area contributed by atoms with E-state index in [1.54, 1.807) is 11.3 Å². The quantitative estimate of drug-likeness (QED) is 0.852. The van der Waals surface area contributed by atoms with E-state index in [-0.39, 0.29) is 0 Å². The van der Waals surface area contributed by atoms with Gasteiger partial charge in [-0.1, -0.05) is 24.3 Å². The Bertz CT molecular complexity index is 621. The van der Waals surface area contributed by atoms with Crippen LogP contribution in [0.3, 0.4) is 0 Å². The van der Waals surface area contributed by atoms with Gasteiger partial charge in [-0.25, -0.2) is 4.99 Å². The number of benzene rings is 1. The van der Waals surface area contributed by atoms with Crippen LogP contribution >= 0.6 is 11.3 Å². The molecule has 2 heterocycles. The van der Waals surface area contributed by atoms with Crippen molar-refractivity contribution in [2.45, 2.75) is 12.9 Å². The van der Waals surface area contributed by atoms with Crippen molar-refractivity contribution in [1.82, 2.24) is 4.90 Å². The molecule has 86 valence electrons. The minimum absolute atomic E-state index is 0.691. The van der Waals surface area contributed by atoms with E-state index in [0.29, 0.717) is 6.54 Å². The molecule has 17 heavy (non-hydrogen) atoms. The SMILES string of the molecule is OC1N=c2ccccc2=CN1Cc1cccs1. The number of nitrogens with zero attached hydrogens (tertiary/aromatic N) is 2. The fourth-order valence-corrected chi connectivity index (χ4v) is 2.58. The zero-order chi connectivity index (χ0) is 11.7. The van der Waals surface area contributed by atoms with E-state index in [2.05, 4.69) is 11.1 Å². The van der Waals surface area contributed by atoms with Gasteiger partial charge in [0, 0.05) is 16.3 Å². The first-order valence-corrected chi connectivity index (χ1v) is 6.32. The maximum absolute atomic E-state index is 9.95. The molecule has 0 saturated carbocycles. The van der Waals surface area contributed by atoms with Crippen molar-refractivity contribution in [2.75, 3.05) is 0 Å². The summed E-state index contributed by atoms with van der Waals surface area (Å²) >= 11 is 1.69. The zero-order valence-electron chi connectivity index (χ0n) is 9.15. The van der Waals surface area contributed by atoms with E-state index in [1.807, 2.05) is 46.8 Å². The molecule has 1 unspecified atom stereocenters. The van der Waals surface area contributed by atoms with Crippen LogP contribution in [0.25, 0.3) is 6.20 Å². The Hall–Kier alpha value is -1.65. The molecule has 0 saturated heterocycles. The second-order valence-electron chi connectivity index (χ2n) is 3.92. The lowest BCUT2D eigenvalue weighted by Gasteiger charge is -2.25. The van der Waals surface area contributed by atoms with E-state index in [9.17, 15) is 5.11 Å². The first-order valence-electron chi connectivity index (χ1n) is 5.44. The number of hydrogen-bond acceptors (Lipinski definition) is 4. The Balaban J connectivity index is 1.96. The Labute approximate surface area is 103 Å². The van der Waals surface area contributed by atoms with Gasteiger partial charge in [0.15, 0.2) is 0 Å². The van der Waals surface area contributed by atoms with E-state index in [1.165, 1.54) is 4.88 Å². The number of thiophene rings is 1. The maximum atomic E-state index is 9.95. The molecule has 0 bridgehead atoms. The van der Waals surface area contributed by atoms with Crippen LogP contribution in [0.4, 0.5) is 0 Å². The van der Waals surface area contributed by atoms with Gasteiger partial charge in [-0.05, 0) is 17.5 Å². The molecule has 0 radical (unpaired) electrons. The third-order valence-electron chi connectivity index (χ3n) is 2.71. The molecule has 0 amide bonds. The molecule has 1 N–H and O–H groups in total. The fourth-order valence-electron chi connectivity index (χ4n) is 1.87. The van der Waals surface area contributed by atoms with Gasteiger partial charge in [0.1, 0.15) is 0 Å². The van der Waals surface area contributed by atoms with Crippen molar-refractivity contribution >= 4 is 17.5 Å². The van der Waals surface area contributed by atoms with Crippen molar-refractivity contribution in [1.29, 1.82) is 0 Å². The molecule has 1 aromatic heterocycles. The Morgan fingerprint density at radius 2 is 2.12 bits per heavy atom. The second-order valence-corrected chi connectivity index (χ2v) is 4.95. The smallest absolute Gasteiger partial charge is 0.226 e. The molecule has 0 aliphatic carbocycles. The molecular formula is C13H12N2OS. The van der Waals surface area contributed by atoms with Crippen LogP contribution < -0.4 is 10.6 Å². The minimum atomic E-state index is -0.785. The first-order chi connectivity index (χ1) is 8.33. The summed E-state index contributed by atoms with van der Waals surface area (Å²) in [4.78, 5) is 7.32. The van der Waals surface area contributed by atoms with Gasteiger partial charge in [0.05, 0.1) is 11.9 Å². The van der Waals surface area contributed by atoms with Crippen LogP contribution in [0, 0.1) is 0 Å². The van der Waals surface area contributed by atoms with Crippen molar-refractivity contribution in [3.63, 3.8) is 0 Å². The number of hydrogen-bond donors (Lipinski definition) is 1. The molecule has 1 aromatic carbocycles. The molecule has 3 nitrogen and oxygen atoms in total. The molecular weight excluding hydrogens is 232 g/mol. The lowest BCUT2D eigenvalue weighted by atomic mass is 10.2. The summed E-state index contributed by atoms with van der Waals surface area (Å²) in [5, 5.41) is 13.9. The summed E-state index contributed by atoms with van der Waals surface area (Å²) in [7, 11) is 0. The number of rotatable bonds is 2. The van der Waals surface area contributed by atoms with Crippen molar-refractivity contribution < 1.29 is 5.11 Å². The van der Waals surface area contributed by atoms with Crippen LogP contribution in [0.5, 0.6) is 0 Å². The Morgan fingerprint density at radius 1 is 1.24 bits per heavy atom.